The molecule has 0 aromatic heterocycles. The molecule has 0 atom stereocenters. The second-order valence-corrected chi connectivity index (χ2v) is 6.28. The Balaban J connectivity index is 2.05. The fourth-order valence-electron chi connectivity index (χ4n) is 2.31. The monoisotopic (exact) mass is 342 g/mol. The Morgan fingerprint density at radius 1 is 1.08 bits per heavy atom. The molecule has 4 nitrogen and oxygen atoms in total. The van der Waals surface area contributed by atoms with Crippen molar-refractivity contribution in [3.8, 4) is 5.75 Å². The summed E-state index contributed by atoms with van der Waals surface area (Å²) in [6.07, 6.45) is 0.0510. The van der Waals surface area contributed by atoms with Crippen molar-refractivity contribution in [2.45, 2.75) is 33.8 Å². The van der Waals surface area contributed by atoms with E-state index >= 15 is 0 Å². The van der Waals surface area contributed by atoms with Crippen molar-refractivity contribution in [2.24, 2.45) is 0 Å². The molecule has 0 heterocycles. The molecule has 0 saturated heterocycles. The molecule has 5 heteroatoms. The number of thiocarbonyl (C=S) groups is 1. The first kappa shape index (κ1) is 17.9. The van der Waals surface area contributed by atoms with Gasteiger partial charge in [0.1, 0.15) is 5.75 Å². The molecule has 0 aliphatic rings. The average molecular weight is 342 g/mol. The number of benzene rings is 2. The predicted octanol–water partition coefficient (Wildman–Crippen LogP) is 4.22. The van der Waals surface area contributed by atoms with Gasteiger partial charge in [-0.15, -0.1) is 0 Å². The van der Waals surface area contributed by atoms with Gasteiger partial charge in [0.05, 0.1) is 6.10 Å². The molecule has 2 aromatic rings. The maximum atomic E-state index is 12.4. The second-order valence-electron chi connectivity index (χ2n) is 5.87. The highest BCUT2D eigenvalue weighted by molar-refractivity contribution is 7.80. The fraction of sp³-hybridized carbons (Fsp3) is 0.263. The van der Waals surface area contributed by atoms with E-state index in [4.69, 9.17) is 17.0 Å². The van der Waals surface area contributed by atoms with Crippen LogP contribution in [0.5, 0.6) is 5.75 Å². The highest BCUT2D eigenvalue weighted by atomic mass is 32.1. The van der Waals surface area contributed by atoms with Gasteiger partial charge < -0.3 is 10.1 Å². The fourth-order valence-corrected chi connectivity index (χ4v) is 2.51. The standard InChI is InChI=1S/C19H22N2O2S/c1-12(2)23-16-10-6-9-15(11-16)18(22)21-19(24)20-17-13(3)7-5-8-14(17)4/h5-12H,1-4H3,(H2,20,21,22,24). The smallest absolute Gasteiger partial charge is 0.257 e. The first-order valence-electron chi connectivity index (χ1n) is 7.82. The molecule has 2 rings (SSSR count). The molecule has 0 fully saturated rings. The van der Waals surface area contributed by atoms with Crippen molar-refractivity contribution < 1.29 is 9.53 Å². The molecule has 0 radical (unpaired) electrons. The molecule has 0 saturated carbocycles. The van der Waals surface area contributed by atoms with E-state index in [1.807, 2.05) is 52.0 Å². The highest BCUT2D eigenvalue weighted by Crippen LogP contribution is 2.19. The summed E-state index contributed by atoms with van der Waals surface area (Å²) < 4.78 is 5.61. The molecule has 0 aliphatic carbocycles. The van der Waals surface area contributed by atoms with Gasteiger partial charge in [-0.3, -0.25) is 10.1 Å². The van der Waals surface area contributed by atoms with Gasteiger partial charge in [-0.2, -0.15) is 0 Å². The third kappa shape index (κ3) is 4.80. The lowest BCUT2D eigenvalue weighted by Crippen LogP contribution is -2.34. The average Bonchev–Trinajstić information content (AvgIpc) is 2.50. The lowest BCUT2D eigenvalue weighted by Gasteiger charge is -2.14. The van der Waals surface area contributed by atoms with Crippen LogP contribution in [-0.4, -0.2) is 17.1 Å². The van der Waals surface area contributed by atoms with E-state index in [-0.39, 0.29) is 17.1 Å². The Kier molecular flexibility index (Phi) is 5.93. The maximum Gasteiger partial charge on any atom is 0.257 e. The van der Waals surface area contributed by atoms with Crippen molar-refractivity contribution in [3.63, 3.8) is 0 Å². The molecule has 0 aliphatic heterocycles. The van der Waals surface area contributed by atoms with E-state index in [0.717, 1.165) is 16.8 Å². The van der Waals surface area contributed by atoms with E-state index < -0.39 is 0 Å². The summed E-state index contributed by atoms with van der Waals surface area (Å²) >= 11 is 5.26. The number of hydrogen-bond donors (Lipinski definition) is 2. The van der Waals surface area contributed by atoms with E-state index in [2.05, 4.69) is 10.6 Å². The van der Waals surface area contributed by atoms with E-state index in [9.17, 15) is 4.79 Å². The van der Waals surface area contributed by atoms with Gasteiger partial charge in [0.25, 0.3) is 5.91 Å². The SMILES string of the molecule is Cc1cccc(C)c1NC(=S)NC(=O)c1cccc(OC(C)C)c1. The lowest BCUT2D eigenvalue weighted by atomic mass is 10.1. The van der Waals surface area contributed by atoms with Crippen LogP contribution in [0.2, 0.25) is 0 Å². The third-order valence-electron chi connectivity index (χ3n) is 3.41. The molecule has 2 aromatic carbocycles. The summed E-state index contributed by atoms with van der Waals surface area (Å²) in [4.78, 5) is 12.4. The quantitative estimate of drug-likeness (QED) is 0.817. The van der Waals surface area contributed by atoms with Crippen LogP contribution < -0.4 is 15.4 Å². The third-order valence-corrected chi connectivity index (χ3v) is 3.62. The Morgan fingerprint density at radius 3 is 2.33 bits per heavy atom. The van der Waals surface area contributed by atoms with Crippen LogP contribution in [-0.2, 0) is 0 Å². The number of anilines is 1. The zero-order chi connectivity index (χ0) is 17.7. The zero-order valence-corrected chi connectivity index (χ0v) is 15.2. The van der Waals surface area contributed by atoms with Crippen LogP contribution in [0.15, 0.2) is 42.5 Å². The largest absolute Gasteiger partial charge is 0.491 e. The lowest BCUT2D eigenvalue weighted by molar-refractivity contribution is 0.0977. The first-order valence-corrected chi connectivity index (χ1v) is 8.23. The Bertz CT molecular complexity index is 737. The molecule has 0 spiro atoms. The summed E-state index contributed by atoms with van der Waals surface area (Å²) in [5, 5.41) is 6.07. The van der Waals surface area contributed by atoms with Gasteiger partial charge >= 0.3 is 0 Å². The van der Waals surface area contributed by atoms with Crippen molar-refractivity contribution in [1.29, 1.82) is 0 Å². The second kappa shape index (κ2) is 7.93. The maximum absolute atomic E-state index is 12.4. The van der Waals surface area contributed by atoms with Crippen molar-refractivity contribution in [1.82, 2.24) is 5.32 Å². The molecule has 1 amide bonds. The summed E-state index contributed by atoms with van der Waals surface area (Å²) in [6.45, 7) is 7.87. The number of amides is 1. The van der Waals surface area contributed by atoms with Crippen LogP contribution in [0.1, 0.15) is 35.3 Å². The number of para-hydroxylation sites is 1. The van der Waals surface area contributed by atoms with Gasteiger partial charge in [-0.05, 0) is 69.2 Å². The number of hydrogen-bond acceptors (Lipinski definition) is 3. The van der Waals surface area contributed by atoms with Crippen LogP contribution in [0.3, 0.4) is 0 Å². The van der Waals surface area contributed by atoms with Crippen LogP contribution in [0.25, 0.3) is 0 Å². The highest BCUT2D eigenvalue weighted by Gasteiger charge is 2.11. The number of rotatable bonds is 4. The predicted molar refractivity (Wildman–Crippen MR) is 102 cm³/mol. The van der Waals surface area contributed by atoms with Crippen molar-refractivity contribution in [3.05, 3.63) is 59.2 Å². The number of carbonyl (C=O) groups is 1. The zero-order valence-electron chi connectivity index (χ0n) is 14.3. The normalized spacial score (nSPS) is 10.4. The molecular formula is C19H22N2O2S. The van der Waals surface area contributed by atoms with Gasteiger partial charge in [-0.1, -0.05) is 24.3 Å². The molecule has 24 heavy (non-hydrogen) atoms. The van der Waals surface area contributed by atoms with Gasteiger partial charge in [0.15, 0.2) is 5.11 Å². The molecule has 0 bridgehead atoms. The molecule has 0 unspecified atom stereocenters. The summed E-state index contributed by atoms with van der Waals surface area (Å²) in [6, 6.07) is 13.0. The van der Waals surface area contributed by atoms with E-state index in [1.54, 1.807) is 18.2 Å². The number of aryl methyl sites for hydroxylation is 2. The van der Waals surface area contributed by atoms with Crippen LogP contribution in [0.4, 0.5) is 5.69 Å². The Hall–Kier alpha value is -2.40. The topological polar surface area (TPSA) is 50.4 Å². The van der Waals surface area contributed by atoms with Gasteiger partial charge in [0.2, 0.25) is 0 Å². The summed E-state index contributed by atoms with van der Waals surface area (Å²) in [5.41, 5.74) is 3.55. The Labute approximate surface area is 148 Å². The summed E-state index contributed by atoms with van der Waals surface area (Å²) in [5.74, 6) is 0.388. The number of nitrogens with one attached hydrogen (secondary N) is 2. The number of ether oxygens (including phenoxy) is 1. The number of carbonyl (C=O) groups excluding carboxylic acids is 1. The van der Waals surface area contributed by atoms with Crippen molar-refractivity contribution >= 4 is 28.9 Å². The minimum absolute atomic E-state index is 0.0510. The Morgan fingerprint density at radius 2 is 1.71 bits per heavy atom. The van der Waals surface area contributed by atoms with Gasteiger partial charge in [0, 0.05) is 11.3 Å². The first-order chi connectivity index (χ1) is 11.4. The summed E-state index contributed by atoms with van der Waals surface area (Å²) in [7, 11) is 0. The van der Waals surface area contributed by atoms with Gasteiger partial charge in [-0.25, -0.2) is 0 Å². The molecule has 126 valence electrons. The van der Waals surface area contributed by atoms with Crippen LogP contribution >= 0.6 is 12.2 Å². The van der Waals surface area contributed by atoms with Crippen LogP contribution in [0, 0.1) is 13.8 Å². The molecular weight excluding hydrogens is 320 g/mol. The minimum Gasteiger partial charge on any atom is -0.491 e. The molecule has 2 N–H and O–H groups in total. The van der Waals surface area contributed by atoms with E-state index in [0.29, 0.717) is 11.3 Å². The minimum atomic E-state index is -0.270. The van der Waals surface area contributed by atoms with E-state index in [1.165, 1.54) is 0 Å². The van der Waals surface area contributed by atoms with Crippen molar-refractivity contribution in [2.75, 3.05) is 5.32 Å².